The van der Waals surface area contributed by atoms with E-state index in [9.17, 15) is 0 Å². The van der Waals surface area contributed by atoms with Crippen molar-refractivity contribution >= 4 is 38.6 Å². The van der Waals surface area contributed by atoms with Gasteiger partial charge in [-0.2, -0.15) is 0 Å². The Bertz CT molecular complexity index is 2030. The van der Waals surface area contributed by atoms with E-state index in [0.29, 0.717) is 0 Å². The van der Waals surface area contributed by atoms with Crippen LogP contribution in [-0.4, -0.2) is 0 Å². The fourth-order valence-corrected chi connectivity index (χ4v) is 10.5. The maximum Gasteiger partial charge on any atom is 0.0543 e. The first-order chi connectivity index (χ1) is 21.3. The van der Waals surface area contributed by atoms with Gasteiger partial charge in [0.05, 0.1) is 11.4 Å². The number of hydrogen-bond acceptors (Lipinski definition) is 1. The standard InChI is InChI=1S/C42H35N/c1-2-11-31-26-34(20-19-29(31)9-1)43(39-17-7-12-30-10-3-4-13-35(30)39)40-18-8-16-38-41(40)36-14-5-6-15-37(36)42(38)32-22-27-21-28(24-32)25-33(42)23-27/h1-20,26-28,32-33H,21-25H2. The summed E-state index contributed by atoms with van der Waals surface area (Å²) in [5, 5.41) is 5.11. The Labute approximate surface area is 253 Å². The first-order valence-corrected chi connectivity index (χ1v) is 16.3. The molecule has 208 valence electrons. The Morgan fingerprint density at radius 1 is 0.488 bits per heavy atom. The predicted molar refractivity (Wildman–Crippen MR) is 179 cm³/mol. The molecule has 0 saturated heterocycles. The van der Waals surface area contributed by atoms with Gasteiger partial charge in [-0.1, -0.05) is 103 Å². The van der Waals surface area contributed by atoms with Crippen LogP contribution in [0.25, 0.3) is 32.7 Å². The summed E-state index contributed by atoms with van der Waals surface area (Å²) in [6.45, 7) is 0. The molecule has 0 atom stereocenters. The number of fused-ring (bicyclic) bond motifs is 5. The Balaban J connectivity index is 1.28. The summed E-state index contributed by atoms with van der Waals surface area (Å²) in [5.74, 6) is 3.40. The van der Waals surface area contributed by atoms with Crippen molar-refractivity contribution in [3.05, 3.63) is 139 Å². The Morgan fingerprint density at radius 3 is 1.95 bits per heavy atom. The number of nitrogens with zero attached hydrogens (tertiary/aromatic N) is 1. The van der Waals surface area contributed by atoms with Crippen molar-refractivity contribution in [3.63, 3.8) is 0 Å². The highest BCUT2D eigenvalue weighted by Crippen LogP contribution is 2.70. The van der Waals surface area contributed by atoms with Crippen molar-refractivity contribution in [1.82, 2.24) is 0 Å². The first kappa shape index (κ1) is 24.1. The number of anilines is 3. The molecule has 5 aliphatic rings. The van der Waals surface area contributed by atoms with Gasteiger partial charge in [0.25, 0.3) is 0 Å². The fraction of sp³-hybridized carbons (Fsp3) is 0.238. The van der Waals surface area contributed by atoms with E-state index >= 15 is 0 Å². The van der Waals surface area contributed by atoms with Gasteiger partial charge in [0.2, 0.25) is 0 Å². The third kappa shape index (κ3) is 3.23. The zero-order valence-electron chi connectivity index (χ0n) is 24.4. The topological polar surface area (TPSA) is 3.24 Å². The van der Waals surface area contributed by atoms with Gasteiger partial charge in [-0.15, -0.1) is 0 Å². The van der Waals surface area contributed by atoms with E-state index in [0.717, 1.165) is 23.7 Å². The third-order valence-corrected chi connectivity index (χ3v) is 11.8. The highest BCUT2D eigenvalue weighted by Gasteiger charge is 2.61. The maximum absolute atomic E-state index is 2.57. The average Bonchev–Trinajstić information content (AvgIpc) is 3.35. The fourth-order valence-electron chi connectivity index (χ4n) is 10.5. The molecule has 11 rings (SSSR count). The zero-order chi connectivity index (χ0) is 28.1. The summed E-state index contributed by atoms with van der Waals surface area (Å²) < 4.78 is 0. The molecule has 1 nitrogen and oxygen atoms in total. The minimum Gasteiger partial charge on any atom is -0.309 e. The largest absolute Gasteiger partial charge is 0.309 e. The van der Waals surface area contributed by atoms with Crippen molar-refractivity contribution in [1.29, 1.82) is 0 Å². The Morgan fingerprint density at radius 2 is 1.12 bits per heavy atom. The monoisotopic (exact) mass is 553 g/mol. The van der Waals surface area contributed by atoms with Crippen LogP contribution in [-0.2, 0) is 5.41 Å². The van der Waals surface area contributed by atoms with Crippen LogP contribution in [0.5, 0.6) is 0 Å². The highest BCUT2D eigenvalue weighted by atomic mass is 15.1. The van der Waals surface area contributed by atoms with Crippen molar-refractivity contribution in [2.75, 3.05) is 4.90 Å². The van der Waals surface area contributed by atoms with Gasteiger partial charge in [0, 0.05) is 22.1 Å². The smallest absolute Gasteiger partial charge is 0.0543 e. The average molecular weight is 554 g/mol. The molecule has 0 unspecified atom stereocenters. The molecule has 4 bridgehead atoms. The summed E-state index contributed by atoms with van der Waals surface area (Å²) in [5.41, 5.74) is 10.1. The maximum atomic E-state index is 2.57. The number of benzene rings is 6. The van der Waals surface area contributed by atoms with Gasteiger partial charge in [-0.05, 0) is 113 Å². The molecule has 0 aliphatic heterocycles. The predicted octanol–water partition coefficient (Wildman–Crippen LogP) is 11.2. The molecule has 43 heavy (non-hydrogen) atoms. The van der Waals surface area contributed by atoms with Crippen molar-refractivity contribution < 1.29 is 0 Å². The summed E-state index contributed by atoms with van der Waals surface area (Å²) in [6.07, 6.45) is 7.10. The second kappa shape index (κ2) is 8.83. The molecular weight excluding hydrogens is 518 g/mol. The Hall–Kier alpha value is -4.36. The zero-order valence-corrected chi connectivity index (χ0v) is 24.4. The normalized spacial score (nSPS) is 26.2. The molecule has 0 radical (unpaired) electrons. The lowest BCUT2D eigenvalue weighted by molar-refractivity contribution is -0.0399. The van der Waals surface area contributed by atoms with Crippen molar-refractivity contribution in [2.24, 2.45) is 23.7 Å². The van der Waals surface area contributed by atoms with E-state index < -0.39 is 0 Å². The van der Waals surface area contributed by atoms with Gasteiger partial charge >= 0.3 is 0 Å². The van der Waals surface area contributed by atoms with Crippen molar-refractivity contribution in [3.8, 4) is 11.1 Å². The summed E-state index contributed by atoms with van der Waals surface area (Å²) >= 11 is 0. The minimum absolute atomic E-state index is 0.156. The molecule has 1 heteroatoms. The van der Waals surface area contributed by atoms with Gasteiger partial charge in [0.1, 0.15) is 0 Å². The molecule has 4 fully saturated rings. The molecule has 5 aliphatic carbocycles. The molecule has 0 amide bonds. The lowest BCUT2D eigenvalue weighted by Gasteiger charge is -2.61. The van der Waals surface area contributed by atoms with Gasteiger partial charge < -0.3 is 4.90 Å². The van der Waals surface area contributed by atoms with Gasteiger partial charge in [-0.25, -0.2) is 0 Å². The molecule has 1 spiro atoms. The lowest BCUT2D eigenvalue weighted by atomic mass is 9.43. The summed E-state index contributed by atoms with van der Waals surface area (Å²) in [6, 6.07) is 48.2. The van der Waals surface area contributed by atoms with Crippen LogP contribution in [0.15, 0.2) is 127 Å². The van der Waals surface area contributed by atoms with E-state index in [1.54, 1.807) is 11.1 Å². The first-order valence-electron chi connectivity index (χ1n) is 16.3. The van der Waals surface area contributed by atoms with Crippen LogP contribution in [0.3, 0.4) is 0 Å². The van der Waals surface area contributed by atoms with E-state index in [2.05, 4.69) is 132 Å². The molecular formula is C42H35N. The van der Waals surface area contributed by atoms with E-state index in [1.165, 1.54) is 81.8 Å². The molecule has 0 N–H and O–H groups in total. The Kier molecular flexibility index (Phi) is 4.95. The molecule has 0 heterocycles. The second-order valence-corrected chi connectivity index (χ2v) is 13.8. The summed E-state index contributed by atoms with van der Waals surface area (Å²) in [7, 11) is 0. The van der Waals surface area contributed by atoms with Gasteiger partial charge in [-0.3, -0.25) is 0 Å². The van der Waals surface area contributed by atoms with Crippen molar-refractivity contribution in [2.45, 2.75) is 37.5 Å². The highest BCUT2D eigenvalue weighted by molar-refractivity contribution is 6.03. The van der Waals surface area contributed by atoms with Crippen LogP contribution in [0, 0.1) is 23.7 Å². The van der Waals surface area contributed by atoms with Crippen LogP contribution in [0.2, 0.25) is 0 Å². The number of rotatable bonds is 3. The quantitative estimate of drug-likeness (QED) is 0.211. The van der Waals surface area contributed by atoms with E-state index in [-0.39, 0.29) is 5.41 Å². The van der Waals surface area contributed by atoms with Crippen LogP contribution in [0.4, 0.5) is 17.1 Å². The molecule has 6 aromatic carbocycles. The van der Waals surface area contributed by atoms with Crippen LogP contribution < -0.4 is 4.90 Å². The van der Waals surface area contributed by atoms with Crippen LogP contribution >= 0.6 is 0 Å². The summed E-state index contributed by atoms with van der Waals surface area (Å²) in [4.78, 5) is 2.57. The van der Waals surface area contributed by atoms with E-state index in [1.807, 2.05) is 0 Å². The molecule has 6 aromatic rings. The lowest BCUT2D eigenvalue weighted by Crippen LogP contribution is -2.55. The van der Waals surface area contributed by atoms with Gasteiger partial charge in [0.15, 0.2) is 0 Å². The molecule has 0 aromatic heterocycles. The molecule has 4 saturated carbocycles. The number of hydrogen-bond donors (Lipinski definition) is 0. The SMILES string of the molecule is c1ccc2c(c1)-c1c(N(c3ccc4ccccc4c3)c3cccc4ccccc34)cccc1C21C2CC3CC(C2)CC1C3. The second-order valence-electron chi connectivity index (χ2n) is 13.8. The van der Waals surface area contributed by atoms with E-state index in [4.69, 9.17) is 0 Å². The minimum atomic E-state index is 0.156. The van der Waals surface area contributed by atoms with Crippen LogP contribution in [0.1, 0.15) is 43.2 Å². The third-order valence-electron chi connectivity index (χ3n) is 11.8.